The Morgan fingerprint density at radius 2 is 2.00 bits per heavy atom. The van der Waals surface area contributed by atoms with Crippen LogP contribution in [-0.2, 0) is 11.2 Å². The number of carbonyl (C=O) groups excluding carboxylic acids is 2. The summed E-state index contributed by atoms with van der Waals surface area (Å²) in [5.74, 6) is 0.181. The predicted octanol–water partition coefficient (Wildman–Crippen LogP) is 2.48. The molecule has 23 heavy (non-hydrogen) atoms. The van der Waals surface area contributed by atoms with E-state index in [0.717, 1.165) is 12.8 Å². The maximum atomic E-state index is 12.2. The molecule has 3 amide bonds. The molecule has 1 atom stereocenters. The number of hydrogen-bond donors (Lipinski definition) is 2. The lowest BCUT2D eigenvalue weighted by Crippen LogP contribution is -2.41. The van der Waals surface area contributed by atoms with Crippen LogP contribution in [0.1, 0.15) is 44.4 Å². The van der Waals surface area contributed by atoms with Crippen LogP contribution in [0, 0.1) is 5.92 Å². The van der Waals surface area contributed by atoms with E-state index in [9.17, 15) is 9.59 Å². The van der Waals surface area contributed by atoms with Gasteiger partial charge in [-0.3, -0.25) is 9.69 Å². The van der Waals surface area contributed by atoms with Gasteiger partial charge in [-0.15, -0.1) is 0 Å². The molecule has 0 saturated carbocycles. The van der Waals surface area contributed by atoms with E-state index in [4.69, 9.17) is 0 Å². The lowest BCUT2D eigenvalue weighted by Gasteiger charge is -2.24. The zero-order valence-corrected chi connectivity index (χ0v) is 14.3. The highest BCUT2D eigenvalue weighted by Crippen LogP contribution is 2.22. The molecule has 126 valence electrons. The van der Waals surface area contributed by atoms with Gasteiger partial charge in [0.2, 0.25) is 5.91 Å². The van der Waals surface area contributed by atoms with E-state index in [1.54, 1.807) is 0 Å². The summed E-state index contributed by atoms with van der Waals surface area (Å²) in [7, 11) is 0. The molecule has 1 heterocycles. The minimum Gasteiger partial charge on any atom is -0.336 e. The number of urea groups is 1. The van der Waals surface area contributed by atoms with Crippen molar-refractivity contribution in [1.29, 1.82) is 0 Å². The number of aryl methyl sites for hydroxylation is 1. The summed E-state index contributed by atoms with van der Waals surface area (Å²) >= 11 is 0. The number of carbonyl (C=O) groups is 2. The highest BCUT2D eigenvalue weighted by molar-refractivity contribution is 5.96. The van der Waals surface area contributed by atoms with E-state index in [2.05, 4.69) is 55.7 Å². The Morgan fingerprint density at radius 1 is 1.30 bits per heavy atom. The maximum Gasteiger partial charge on any atom is 0.324 e. The summed E-state index contributed by atoms with van der Waals surface area (Å²) in [6, 6.07) is 8.39. The second kappa shape index (κ2) is 8.11. The summed E-state index contributed by atoms with van der Waals surface area (Å²) < 4.78 is 0. The molecule has 2 N–H and O–H groups in total. The number of hydrogen-bond acceptors (Lipinski definition) is 3. The van der Waals surface area contributed by atoms with Gasteiger partial charge in [0.15, 0.2) is 0 Å². The zero-order chi connectivity index (χ0) is 16.8. The third-order valence-corrected chi connectivity index (χ3v) is 4.18. The largest absolute Gasteiger partial charge is 0.336 e. The monoisotopic (exact) mass is 317 g/mol. The van der Waals surface area contributed by atoms with Gasteiger partial charge in [-0.25, -0.2) is 4.79 Å². The number of rotatable bonds is 7. The van der Waals surface area contributed by atoms with Gasteiger partial charge in [-0.2, -0.15) is 0 Å². The average Bonchev–Trinajstić information content (AvgIpc) is 2.95. The standard InChI is InChI=1S/C18H27N3O2/c1-4-5-14-6-8-15(9-7-14)17(13(2)3)20-12-16(22)21-11-10-19-18(21)23/h6-9,13,17,20H,4-5,10-12H2,1-3H3,(H,19,23)/t17-/m0/s1. The van der Waals surface area contributed by atoms with Gasteiger partial charge in [0, 0.05) is 19.1 Å². The highest BCUT2D eigenvalue weighted by atomic mass is 16.2. The fraction of sp³-hybridized carbons (Fsp3) is 0.556. The number of nitrogens with zero attached hydrogens (tertiary/aromatic N) is 1. The minimum absolute atomic E-state index is 0.0975. The van der Waals surface area contributed by atoms with Crippen molar-refractivity contribution in [1.82, 2.24) is 15.5 Å². The molecule has 1 aromatic carbocycles. The van der Waals surface area contributed by atoms with Crippen LogP contribution in [0.5, 0.6) is 0 Å². The molecule has 1 saturated heterocycles. The average molecular weight is 317 g/mol. The molecule has 0 aromatic heterocycles. The van der Waals surface area contributed by atoms with Crippen molar-refractivity contribution in [2.75, 3.05) is 19.6 Å². The van der Waals surface area contributed by atoms with Crippen LogP contribution < -0.4 is 10.6 Å². The van der Waals surface area contributed by atoms with E-state index in [1.807, 2.05) is 0 Å². The summed E-state index contributed by atoms with van der Waals surface area (Å²) in [6.07, 6.45) is 2.22. The summed E-state index contributed by atoms with van der Waals surface area (Å²) in [5.41, 5.74) is 2.52. The first-order valence-corrected chi connectivity index (χ1v) is 8.43. The molecular weight excluding hydrogens is 290 g/mol. The Balaban J connectivity index is 1.98. The molecule has 1 aromatic rings. The van der Waals surface area contributed by atoms with Gasteiger partial charge in [0.25, 0.3) is 0 Å². The van der Waals surface area contributed by atoms with E-state index in [-0.39, 0.29) is 24.5 Å². The lowest BCUT2D eigenvalue weighted by atomic mass is 9.94. The molecule has 5 nitrogen and oxygen atoms in total. The van der Waals surface area contributed by atoms with Crippen molar-refractivity contribution < 1.29 is 9.59 Å². The first-order chi connectivity index (χ1) is 11.0. The van der Waals surface area contributed by atoms with Gasteiger partial charge >= 0.3 is 6.03 Å². The smallest absolute Gasteiger partial charge is 0.324 e. The van der Waals surface area contributed by atoms with Gasteiger partial charge in [-0.05, 0) is 23.5 Å². The molecule has 0 bridgehead atoms. The molecule has 2 rings (SSSR count). The van der Waals surface area contributed by atoms with Crippen molar-refractivity contribution in [3.8, 4) is 0 Å². The molecule has 5 heteroatoms. The molecule has 0 radical (unpaired) electrons. The van der Waals surface area contributed by atoms with Crippen LogP contribution in [0.25, 0.3) is 0 Å². The molecular formula is C18H27N3O2. The molecule has 1 aliphatic heterocycles. The van der Waals surface area contributed by atoms with Crippen molar-refractivity contribution >= 4 is 11.9 Å². The number of amides is 3. The van der Waals surface area contributed by atoms with Gasteiger partial charge in [0.05, 0.1) is 6.54 Å². The van der Waals surface area contributed by atoms with Crippen molar-refractivity contribution in [3.05, 3.63) is 35.4 Å². The summed E-state index contributed by atoms with van der Waals surface area (Å²) in [4.78, 5) is 25.0. The fourth-order valence-corrected chi connectivity index (χ4v) is 2.92. The van der Waals surface area contributed by atoms with E-state index < -0.39 is 0 Å². The third kappa shape index (κ3) is 4.55. The first-order valence-electron chi connectivity index (χ1n) is 8.43. The Hall–Kier alpha value is -1.88. The Kier molecular flexibility index (Phi) is 6.16. The molecule has 0 unspecified atom stereocenters. The quantitative estimate of drug-likeness (QED) is 0.812. The molecule has 1 aliphatic rings. The van der Waals surface area contributed by atoms with Crippen molar-refractivity contribution in [2.45, 2.75) is 39.7 Å². The zero-order valence-electron chi connectivity index (χ0n) is 14.3. The van der Waals surface area contributed by atoms with E-state index >= 15 is 0 Å². The number of nitrogens with one attached hydrogen (secondary N) is 2. The van der Waals surface area contributed by atoms with Gasteiger partial charge in [0.1, 0.15) is 0 Å². The minimum atomic E-state index is -0.290. The molecule has 0 spiro atoms. The van der Waals surface area contributed by atoms with Crippen molar-refractivity contribution in [2.24, 2.45) is 5.92 Å². The second-order valence-electron chi connectivity index (χ2n) is 6.37. The van der Waals surface area contributed by atoms with Crippen LogP contribution >= 0.6 is 0 Å². The van der Waals surface area contributed by atoms with Gasteiger partial charge < -0.3 is 10.6 Å². The second-order valence-corrected chi connectivity index (χ2v) is 6.37. The maximum absolute atomic E-state index is 12.2. The Labute approximate surface area is 138 Å². The Morgan fingerprint density at radius 3 is 2.52 bits per heavy atom. The van der Waals surface area contributed by atoms with E-state index in [0.29, 0.717) is 19.0 Å². The van der Waals surface area contributed by atoms with Crippen LogP contribution in [0.15, 0.2) is 24.3 Å². The number of imide groups is 1. The topological polar surface area (TPSA) is 61.4 Å². The summed E-state index contributed by atoms with van der Waals surface area (Å²) in [5, 5.41) is 5.96. The number of benzene rings is 1. The van der Waals surface area contributed by atoms with Crippen LogP contribution in [0.4, 0.5) is 4.79 Å². The first kappa shape index (κ1) is 17.5. The fourth-order valence-electron chi connectivity index (χ4n) is 2.92. The van der Waals surface area contributed by atoms with Crippen LogP contribution in [-0.4, -0.2) is 36.5 Å². The van der Waals surface area contributed by atoms with Crippen LogP contribution in [0.2, 0.25) is 0 Å². The summed E-state index contributed by atoms with van der Waals surface area (Å²) in [6.45, 7) is 7.60. The SMILES string of the molecule is CCCc1ccc([C@@H](NCC(=O)N2CCNC2=O)C(C)C)cc1. The van der Waals surface area contributed by atoms with E-state index in [1.165, 1.54) is 16.0 Å². The third-order valence-electron chi connectivity index (χ3n) is 4.18. The predicted molar refractivity (Wildman–Crippen MR) is 91.1 cm³/mol. The lowest BCUT2D eigenvalue weighted by molar-refractivity contribution is -0.126. The Bertz CT molecular complexity index is 540. The molecule has 1 fully saturated rings. The van der Waals surface area contributed by atoms with Crippen LogP contribution in [0.3, 0.4) is 0 Å². The normalized spacial score (nSPS) is 15.8. The van der Waals surface area contributed by atoms with Crippen molar-refractivity contribution in [3.63, 3.8) is 0 Å². The van der Waals surface area contributed by atoms with Gasteiger partial charge in [-0.1, -0.05) is 51.5 Å². The molecule has 0 aliphatic carbocycles. The highest BCUT2D eigenvalue weighted by Gasteiger charge is 2.26.